The van der Waals surface area contributed by atoms with Crippen LogP contribution in [0.15, 0.2) is 78.9 Å². The number of benzene rings is 3. The minimum absolute atomic E-state index is 0.184. The monoisotopic (exact) mass is 427 g/mol. The Labute approximate surface area is 181 Å². The zero-order valence-electron chi connectivity index (χ0n) is 16.1. The van der Waals surface area contributed by atoms with Gasteiger partial charge < -0.3 is 10.1 Å². The molecule has 0 bridgehead atoms. The van der Waals surface area contributed by atoms with Crippen LogP contribution in [-0.4, -0.2) is 18.6 Å². The third-order valence-corrected chi connectivity index (χ3v) is 5.23. The van der Waals surface area contributed by atoms with E-state index in [2.05, 4.69) is 29.6 Å². The minimum Gasteiger partial charge on any atom is -0.479 e. The lowest BCUT2D eigenvalue weighted by Crippen LogP contribution is -2.37. The number of nitrogens with one attached hydrogen (secondary N) is 1. The van der Waals surface area contributed by atoms with E-state index < -0.39 is 6.10 Å². The van der Waals surface area contributed by atoms with Gasteiger partial charge in [0.2, 0.25) is 0 Å². The van der Waals surface area contributed by atoms with Crippen molar-refractivity contribution in [2.75, 3.05) is 6.54 Å². The van der Waals surface area contributed by atoms with Gasteiger partial charge in [-0.15, -0.1) is 0 Å². The number of hydrogen-bond acceptors (Lipinski definition) is 2. The first-order chi connectivity index (χ1) is 14.0. The predicted octanol–water partition coefficient (Wildman–Crippen LogP) is 6.10. The van der Waals surface area contributed by atoms with Crippen LogP contribution >= 0.6 is 23.2 Å². The van der Waals surface area contributed by atoms with Crippen molar-refractivity contribution < 1.29 is 9.53 Å². The zero-order valence-corrected chi connectivity index (χ0v) is 17.7. The Hall–Kier alpha value is -2.49. The van der Waals surface area contributed by atoms with E-state index in [1.165, 1.54) is 11.1 Å². The molecule has 0 aliphatic rings. The number of carbonyl (C=O) groups excluding carboxylic acids is 1. The van der Waals surface area contributed by atoms with Crippen molar-refractivity contribution in [1.82, 2.24) is 5.32 Å². The predicted molar refractivity (Wildman–Crippen MR) is 119 cm³/mol. The normalized spacial score (nSPS) is 11.9. The average molecular weight is 428 g/mol. The van der Waals surface area contributed by atoms with E-state index in [4.69, 9.17) is 27.9 Å². The van der Waals surface area contributed by atoms with Gasteiger partial charge >= 0.3 is 0 Å². The molecule has 0 aliphatic heterocycles. The Kier molecular flexibility index (Phi) is 7.56. The fraction of sp³-hybridized carbons (Fsp3) is 0.208. The van der Waals surface area contributed by atoms with Crippen LogP contribution in [0.25, 0.3) is 0 Å². The summed E-state index contributed by atoms with van der Waals surface area (Å²) in [5, 5.41) is 3.87. The molecule has 5 heteroatoms. The lowest BCUT2D eigenvalue weighted by Gasteiger charge is -2.20. The smallest absolute Gasteiger partial charge is 0.260 e. The highest BCUT2D eigenvalue weighted by atomic mass is 35.5. The van der Waals surface area contributed by atoms with Crippen molar-refractivity contribution >= 4 is 29.1 Å². The van der Waals surface area contributed by atoms with Gasteiger partial charge in [-0.05, 0) is 42.7 Å². The highest BCUT2D eigenvalue weighted by Gasteiger charge is 2.18. The van der Waals surface area contributed by atoms with E-state index in [1.807, 2.05) is 36.4 Å². The van der Waals surface area contributed by atoms with Crippen molar-refractivity contribution in [3.05, 3.63) is 100 Å². The standard InChI is InChI=1S/C24H23Cl2NO2/c1-17(29-23-13-12-20(25)16-22(23)26)24(28)27-15-14-21(18-8-4-2-5-9-18)19-10-6-3-7-11-19/h2-13,16-17,21H,14-15H2,1H3,(H,27,28). The second kappa shape index (κ2) is 10.3. The lowest BCUT2D eigenvalue weighted by molar-refractivity contribution is -0.127. The summed E-state index contributed by atoms with van der Waals surface area (Å²) in [6, 6.07) is 25.6. The molecule has 0 saturated carbocycles. The quantitative estimate of drug-likeness (QED) is 0.471. The maximum Gasteiger partial charge on any atom is 0.260 e. The molecule has 0 radical (unpaired) electrons. The third kappa shape index (κ3) is 5.99. The maximum absolute atomic E-state index is 12.5. The lowest BCUT2D eigenvalue weighted by atomic mass is 9.88. The molecule has 1 atom stereocenters. The van der Waals surface area contributed by atoms with Crippen LogP contribution in [0.5, 0.6) is 5.75 Å². The van der Waals surface area contributed by atoms with Crippen LogP contribution in [0.2, 0.25) is 10.0 Å². The zero-order chi connectivity index (χ0) is 20.6. The molecule has 1 unspecified atom stereocenters. The van der Waals surface area contributed by atoms with E-state index in [-0.39, 0.29) is 11.8 Å². The first kappa shape index (κ1) is 21.2. The van der Waals surface area contributed by atoms with Crippen LogP contribution in [0, 0.1) is 0 Å². The second-order valence-corrected chi connectivity index (χ2v) is 7.63. The first-order valence-electron chi connectivity index (χ1n) is 9.54. The number of rotatable bonds is 8. The Morgan fingerprint density at radius 3 is 2.07 bits per heavy atom. The van der Waals surface area contributed by atoms with Gasteiger partial charge in [-0.3, -0.25) is 4.79 Å². The maximum atomic E-state index is 12.5. The molecule has 0 saturated heterocycles. The molecule has 3 aromatic rings. The number of amides is 1. The molecule has 29 heavy (non-hydrogen) atoms. The van der Waals surface area contributed by atoms with Crippen LogP contribution in [0.4, 0.5) is 0 Å². The topological polar surface area (TPSA) is 38.3 Å². The molecule has 0 aliphatic carbocycles. The van der Waals surface area contributed by atoms with Gasteiger partial charge in [0.15, 0.2) is 6.10 Å². The average Bonchev–Trinajstić information content (AvgIpc) is 2.74. The largest absolute Gasteiger partial charge is 0.479 e. The van der Waals surface area contributed by atoms with Crippen LogP contribution in [-0.2, 0) is 4.79 Å². The van der Waals surface area contributed by atoms with Crippen LogP contribution in [0.3, 0.4) is 0 Å². The fourth-order valence-electron chi connectivity index (χ4n) is 3.19. The second-order valence-electron chi connectivity index (χ2n) is 6.79. The number of ether oxygens (including phenoxy) is 1. The molecule has 0 fully saturated rings. The fourth-order valence-corrected chi connectivity index (χ4v) is 3.65. The van der Waals surface area contributed by atoms with E-state index in [0.29, 0.717) is 22.3 Å². The molecule has 150 valence electrons. The Morgan fingerprint density at radius 2 is 1.52 bits per heavy atom. The van der Waals surface area contributed by atoms with Gasteiger partial charge in [-0.2, -0.15) is 0 Å². The van der Waals surface area contributed by atoms with Crippen LogP contribution < -0.4 is 10.1 Å². The molecule has 1 amide bonds. The van der Waals surface area contributed by atoms with Gasteiger partial charge in [0.1, 0.15) is 5.75 Å². The van der Waals surface area contributed by atoms with E-state index in [1.54, 1.807) is 25.1 Å². The molecule has 0 spiro atoms. The first-order valence-corrected chi connectivity index (χ1v) is 10.3. The molecule has 3 nitrogen and oxygen atoms in total. The number of carbonyl (C=O) groups is 1. The third-order valence-electron chi connectivity index (χ3n) is 4.70. The SMILES string of the molecule is CC(Oc1ccc(Cl)cc1Cl)C(=O)NCCC(c1ccccc1)c1ccccc1. The Morgan fingerprint density at radius 1 is 0.931 bits per heavy atom. The summed E-state index contributed by atoms with van der Waals surface area (Å²) >= 11 is 12.0. The summed E-state index contributed by atoms with van der Waals surface area (Å²) < 4.78 is 5.69. The van der Waals surface area contributed by atoms with Gasteiger partial charge in [0.05, 0.1) is 5.02 Å². The van der Waals surface area contributed by atoms with E-state index in [0.717, 1.165) is 6.42 Å². The van der Waals surface area contributed by atoms with E-state index in [9.17, 15) is 4.79 Å². The van der Waals surface area contributed by atoms with Crippen molar-refractivity contribution in [1.29, 1.82) is 0 Å². The van der Waals surface area contributed by atoms with Crippen molar-refractivity contribution in [2.45, 2.75) is 25.4 Å². The molecule has 1 N–H and O–H groups in total. The van der Waals surface area contributed by atoms with Crippen LogP contribution in [0.1, 0.15) is 30.4 Å². The van der Waals surface area contributed by atoms with Gasteiger partial charge in [0.25, 0.3) is 5.91 Å². The summed E-state index contributed by atoms with van der Waals surface area (Å²) in [5.41, 5.74) is 2.45. The molecule has 3 aromatic carbocycles. The molecular weight excluding hydrogens is 405 g/mol. The minimum atomic E-state index is -0.666. The molecule has 3 rings (SSSR count). The van der Waals surface area contributed by atoms with Crippen molar-refractivity contribution in [3.8, 4) is 5.75 Å². The summed E-state index contributed by atoms with van der Waals surface area (Å²) in [6.07, 6.45) is 0.120. The number of halogens is 2. The summed E-state index contributed by atoms with van der Waals surface area (Å²) in [7, 11) is 0. The Bertz CT molecular complexity index is 893. The summed E-state index contributed by atoms with van der Waals surface area (Å²) in [5.74, 6) is 0.459. The van der Waals surface area contributed by atoms with Crippen molar-refractivity contribution in [3.63, 3.8) is 0 Å². The molecule has 0 heterocycles. The van der Waals surface area contributed by atoms with Crippen molar-refractivity contribution in [2.24, 2.45) is 0 Å². The van der Waals surface area contributed by atoms with Gasteiger partial charge in [-0.1, -0.05) is 83.9 Å². The van der Waals surface area contributed by atoms with Gasteiger partial charge in [0, 0.05) is 17.5 Å². The summed E-state index contributed by atoms with van der Waals surface area (Å²) in [6.45, 7) is 2.24. The highest BCUT2D eigenvalue weighted by molar-refractivity contribution is 6.35. The van der Waals surface area contributed by atoms with Gasteiger partial charge in [-0.25, -0.2) is 0 Å². The highest BCUT2D eigenvalue weighted by Crippen LogP contribution is 2.29. The molecular formula is C24H23Cl2NO2. The molecule has 0 aromatic heterocycles. The summed E-state index contributed by atoms with van der Waals surface area (Å²) in [4.78, 5) is 12.5. The Balaban J connectivity index is 1.59. The van der Waals surface area contributed by atoms with E-state index >= 15 is 0 Å². The number of hydrogen-bond donors (Lipinski definition) is 1.